The Bertz CT molecular complexity index is 874. The molecule has 0 aliphatic carbocycles. The van der Waals surface area contributed by atoms with Crippen LogP contribution in [0.5, 0.6) is 0 Å². The van der Waals surface area contributed by atoms with Crippen LogP contribution in [0.1, 0.15) is 0 Å². The van der Waals surface area contributed by atoms with Crippen LogP contribution in [-0.4, -0.2) is 17.2 Å². The third-order valence-electron chi connectivity index (χ3n) is 2.71. The van der Waals surface area contributed by atoms with Gasteiger partial charge in [0, 0.05) is 0 Å². The van der Waals surface area contributed by atoms with Gasteiger partial charge in [-0.1, -0.05) is 12.1 Å². The van der Waals surface area contributed by atoms with Gasteiger partial charge in [0.15, 0.2) is 0 Å². The number of anilines is 2. The molecule has 0 atom stereocenters. The van der Waals surface area contributed by atoms with Gasteiger partial charge in [-0.15, -0.1) is 0 Å². The van der Waals surface area contributed by atoms with Crippen molar-refractivity contribution >= 4 is 44.2 Å². The first-order chi connectivity index (χ1) is 9.56. The third kappa shape index (κ3) is 2.30. The van der Waals surface area contributed by atoms with E-state index in [0.717, 1.165) is 17.2 Å². The summed E-state index contributed by atoms with van der Waals surface area (Å²) >= 11 is 1.08. The summed E-state index contributed by atoms with van der Waals surface area (Å²) in [5.74, 6) is 0. The highest BCUT2D eigenvalue weighted by Gasteiger charge is 2.17. The largest absolute Gasteiger partial charge is 0.398 e. The third-order valence-corrected chi connectivity index (χ3v) is 4.73. The number of hydrogen-bond acceptors (Lipinski definition) is 6. The van der Waals surface area contributed by atoms with Gasteiger partial charge in [-0.3, -0.25) is 4.72 Å². The standard InChI is InChI=1S/C12H10N4O2S2/c13-9-3-1-2-4-12(9)20(17,18)16-8-5-6-10-11(7-8)15-19-14-10/h1-7,16H,13H2. The van der Waals surface area contributed by atoms with E-state index in [-0.39, 0.29) is 10.6 Å². The molecule has 0 bridgehead atoms. The molecular weight excluding hydrogens is 296 g/mol. The Morgan fingerprint density at radius 3 is 2.60 bits per heavy atom. The number of para-hydroxylation sites is 1. The van der Waals surface area contributed by atoms with Gasteiger partial charge in [-0.05, 0) is 30.3 Å². The van der Waals surface area contributed by atoms with E-state index in [1.54, 1.807) is 36.4 Å². The zero-order chi connectivity index (χ0) is 14.2. The van der Waals surface area contributed by atoms with Crippen LogP contribution in [0.3, 0.4) is 0 Å². The number of aromatic nitrogens is 2. The van der Waals surface area contributed by atoms with Gasteiger partial charge >= 0.3 is 0 Å². The Kier molecular flexibility index (Phi) is 3.03. The van der Waals surface area contributed by atoms with E-state index in [2.05, 4.69) is 13.5 Å². The number of rotatable bonds is 3. The van der Waals surface area contributed by atoms with E-state index in [0.29, 0.717) is 11.2 Å². The molecule has 1 heterocycles. The molecule has 8 heteroatoms. The molecule has 6 nitrogen and oxygen atoms in total. The number of nitrogens with two attached hydrogens (primary N) is 1. The van der Waals surface area contributed by atoms with E-state index in [4.69, 9.17) is 5.73 Å². The van der Waals surface area contributed by atoms with E-state index in [1.807, 2.05) is 0 Å². The fraction of sp³-hybridized carbons (Fsp3) is 0. The average molecular weight is 306 g/mol. The molecule has 3 rings (SSSR count). The van der Waals surface area contributed by atoms with Gasteiger partial charge in [-0.25, -0.2) is 8.42 Å². The zero-order valence-electron chi connectivity index (χ0n) is 10.1. The Morgan fingerprint density at radius 2 is 1.80 bits per heavy atom. The van der Waals surface area contributed by atoms with E-state index >= 15 is 0 Å². The zero-order valence-corrected chi connectivity index (χ0v) is 11.8. The average Bonchev–Trinajstić information content (AvgIpc) is 2.86. The second-order valence-corrected chi connectivity index (χ2v) is 6.29. The topological polar surface area (TPSA) is 98.0 Å². The van der Waals surface area contributed by atoms with Crippen LogP contribution in [-0.2, 0) is 10.0 Å². The predicted molar refractivity (Wildman–Crippen MR) is 79.1 cm³/mol. The molecule has 2 aromatic carbocycles. The maximum atomic E-state index is 12.3. The maximum Gasteiger partial charge on any atom is 0.263 e. The lowest BCUT2D eigenvalue weighted by molar-refractivity contribution is 0.601. The van der Waals surface area contributed by atoms with Crippen molar-refractivity contribution in [2.75, 3.05) is 10.5 Å². The van der Waals surface area contributed by atoms with Crippen LogP contribution in [0, 0.1) is 0 Å². The lowest BCUT2D eigenvalue weighted by Gasteiger charge is -2.09. The van der Waals surface area contributed by atoms with Crippen LogP contribution in [0.25, 0.3) is 11.0 Å². The summed E-state index contributed by atoms with van der Waals surface area (Å²) in [4.78, 5) is 0.0523. The maximum absolute atomic E-state index is 12.3. The van der Waals surface area contributed by atoms with Crippen molar-refractivity contribution in [1.29, 1.82) is 0 Å². The van der Waals surface area contributed by atoms with E-state index in [1.165, 1.54) is 6.07 Å². The second-order valence-electron chi connectivity index (χ2n) is 4.11. The molecule has 0 fully saturated rings. The number of nitrogen functional groups attached to an aromatic ring is 1. The summed E-state index contributed by atoms with van der Waals surface area (Å²) in [5.41, 5.74) is 7.71. The summed E-state index contributed by atoms with van der Waals surface area (Å²) in [6, 6.07) is 11.3. The minimum Gasteiger partial charge on any atom is -0.398 e. The van der Waals surface area contributed by atoms with Gasteiger partial charge in [0.1, 0.15) is 15.9 Å². The van der Waals surface area contributed by atoms with Crippen molar-refractivity contribution in [1.82, 2.24) is 8.75 Å². The SMILES string of the molecule is Nc1ccccc1S(=O)(=O)Nc1ccc2nsnc2c1. The first-order valence-corrected chi connectivity index (χ1v) is 7.87. The first kappa shape index (κ1) is 12.8. The minimum atomic E-state index is -3.72. The highest BCUT2D eigenvalue weighted by Crippen LogP contribution is 2.23. The Labute approximate surface area is 119 Å². The Balaban J connectivity index is 1.99. The van der Waals surface area contributed by atoms with E-state index in [9.17, 15) is 8.42 Å². The van der Waals surface area contributed by atoms with Gasteiger partial charge in [-0.2, -0.15) is 8.75 Å². The molecule has 0 saturated heterocycles. The van der Waals surface area contributed by atoms with Crippen molar-refractivity contribution in [2.45, 2.75) is 4.90 Å². The first-order valence-electron chi connectivity index (χ1n) is 5.66. The molecule has 3 N–H and O–H groups in total. The van der Waals surface area contributed by atoms with Gasteiger partial charge in [0.2, 0.25) is 0 Å². The molecule has 0 amide bonds. The molecule has 0 saturated carbocycles. The predicted octanol–water partition coefficient (Wildman–Crippen LogP) is 2.07. The number of fused-ring (bicyclic) bond motifs is 1. The molecule has 1 aromatic heterocycles. The highest BCUT2D eigenvalue weighted by molar-refractivity contribution is 7.92. The Hall–Kier alpha value is -2.19. The van der Waals surface area contributed by atoms with Crippen LogP contribution >= 0.6 is 11.7 Å². The number of nitrogens with one attached hydrogen (secondary N) is 1. The summed E-state index contributed by atoms with van der Waals surface area (Å²) in [6.07, 6.45) is 0. The van der Waals surface area contributed by atoms with Crippen molar-refractivity contribution in [2.24, 2.45) is 0 Å². The summed E-state index contributed by atoms with van der Waals surface area (Å²) < 4.78 is 35.2. The fourth-order valence-corrected chi connectivity index (χ4v) is 3.48. The number of nitrogens with zero attached hydrogens (tertiary/aromatic N) is 2. The number of hydrogen-bond donors (Lipinski definition) is 2. The molecular formula is C12H10N4O2S2. The molecule has 0 spiro atoms. The summed E-state index contributed by atoms with van der Waals surface area (Å²) in [6.45, 7) is 0. The van der Waals surface area contributed by atoms with Crippen molar-refractivity contribution in [3.8, 4) is 0 Å². The molecule has 3 aromatic rings. The lowest BCUT2D eigenvalue weighted by atomic mass is 10.3. The van der Waals surface area contributed by atoms with E-state index < -0.39 is 10.0 Å². The quantitative estimate of drug-likeness (QED) is 0.722. The lowest BCUT2D eigenvalue weighted by Crippen LogP contribution is -2.14. The molecule has 0 radical (unpaired) electrons. The number of benzene rings is 2. The van der Waals surface area contributed by atoms with Crippen LogP contribution in [0.2, 0.25) is 0 Å². The Morgan fingerprint density at radius 1 is 1.05 bits per heavy atom. The second kappa shape index (κ2) is 4.73. The summed E-state index contributed by atoms with van der Waals surface area (Å²) in [5, 5.41) is 0. The van der Waals surface area contributed by atoms with Crippen LogP contribution in [0.15, 0.2) is 47.4 Å². The van der Waals surface area contributed by atoms with Crippen molar-refractivity contribution in [3.63, 3.8) is 0 Å². The normalized spacial score (nSPS) is 11.6. The van der Waals surface area contributed by atoms with Crippen molar-refractivity contribution in [3.05, 3.63) is 42.5 Å². The highest BCUT2D eigenvalue weighted by atomic mass is 32.2. The molecule has 102 valence electrons. The van der Waals surface area contributed by atoms with Gasteiger partial charge in [0.25, 0.3) is 10.0 Å². The fourth-order valence-electron chi connectivity index (χ4n) is 1.78. The summed E-state index contributed by atoms with van der Waals surface area (Å²) in [7, 11) is -3.72. The molecule has 0 unspecified atom stereocenters. The molecule has 0 aliphatic rings. The minimum absolute atomic E-state index is 0.0523. The van der Waals surface area contributed by atoms with Crippen LogP contribution < -0.4 is 10.5 Å². The van der Waals surface area contributed by atoms with Crippen LogP contribution in [0.4, 0.5) is 11.4 Å². The molecule has 20 heavy (non-hydrogen) atoms. The number of sulfonamides is 1. The monoisotopic (exact) mass is 306 g/mol. The van der Waals surface area contributed by atoms with Crippen molar-refractivity contribution < 1.29 is 8.42 Å². The van der Waals surface area contributed by atoms with Gasteiger partial charge in [0.05, 0.1) is 23.1 Å². The molecule has 0 aliphatic heterocycles. The smallest absolute Gasteiger partial charge is 0.263 e. The van der Waals surface area contributed by atoms with Gasteiger partial charge < -0.3 is 5.73 Å².